The van der Waals surface area contributed by atoms with Crippen LogP contribution in [0.2, 0.25) is 0 Å². The van der Waals surface area contributed by atoms with Gasteiger partial charge >= 0.3 is 5.97 Å². The van der Waals surface area contributed by atoms with Crippen LogP contribution in [0, 0.1) is 0 Å². The average Bonchev–Trinajstić information content (AvgIpc) is 3.68. The van der Waals surface area contributed by atoms with Crippen molar-refractivity contribution in [1.82, 2.24) is 20.6 Å². The molecule has 2 N–H and O–H groups in total. The summed E-state index contributed by atoms with van der Waals surface area (Å²) in [5.41, 5.74) is 7.03. The summed E-state index contributed by atoms with van der Waals surface area (Å²) in [6.45, 7) is 12.2. The first-order valence-electron chi connectivity index (χ1n) is 19.2. The van der Waals surface area contributed by atoms with Gasteiger partial charge in [-0.25, -0.2) is 4.79 Å². The Bertz CT molecular complexity index is 2020. The molecule has 3 heterocycles. The maximum Gasteiger partial charge on any atom is 0.333 e. The summed E-state index contributed by atoms with van der Waals surface area (Å²) >= 11 is 0. The van der Waals surface area contributed by atoms with E-state index in [1.54, 1.807) is 6.92 Å². The summed E-state index contributed by atoms with van der Waals surface area (Å²) < 4.78 is 0. The van der Waals surface area contributed by atoms with Gasteiger partial charge in [0.1, 0.15) is 6.04 Å². The lowest BCUT2D eigenvalue weighted by atomic mass is 9.77. The summed E-state index contributed by atoms with van der Waals surface area (Å²) in [5.74, 6) is -1.82. The van der Waals surface area contributed by atoms with E-state index in [4.69, 9.17) is 9.83 Å². The highest BCUT2D eigenvalue weighted by molar-refractivity contribution is 6.25. The molecule has 1 saturated heterocycles. The molecule has 4 aliphatic rings. The van der Waals surface area contributed by atoms with Crippen molar-refractivity contribution in [2.75, 3.05) is 38.6 Å². The Hall–Kier alpha value is -5.36. The average molecular weight is 749 g/mol. The number of likely N-dealkylation sites (N-methyl/N-ethyl adjacent to an activating group) is 2. The van der Waals surface area contributed by atoms with Crippen LogP contribution in [0.15, 0.2) is 88.2 Å². The normalized spacial score (nSPS) is 20.2. The van der Waals surface area contributed by atoms with E-state index < -0.39 is 29.2 Å². The third-order valence-corrected chi connectivity index (χ3v) is 11.2. The second-order valence-electron chi connectivity index (χ2n) is 15.9. The summed E-state index contributed by atoms with van der Waals surface area (Å²) in [6, 6.07) is 15.7. The second-order valence-corrected chi connectivity index (χ2v) is 15.9. The molecule has 0 bridgehead atoms. The van der Waals surface area contributed by atoms with Crippen molar-refractivity contribution in [2.24, 2.45) is 4.99 Å². The molecular formula is C43H52N6O6. The van der Waals surface area contributed by atoms with Crippen LogP contribution in [0.3, 0.4) is 0 Å². The number of nitrogens with zero attached hydrogens (tertiary/aromatic N) is 4. The number of imide groups is 1. The van der Waals surface area contributed by atoms with Crippen molar-refractivity contribution in [2.45, 2.75) is 90.0 Å². The molecule has 2 aromatic rings. The standard InChI is InChI=1S/C43H52N6O6/c1-27(41(54)44-22-24-47(6)23-14-8-9-19-38(52)55-49-36(50)20-21-37(49)51)45-39-28(25-34-42(2,3)30-15-10-12-17-32(30)46-34)40(53)29(39)26-35-43(4,5)31-16-11-13-18-33(31)48(35)7/h10-13,15-18,25-27,45H,8-9,14,19-24H2,1-7H3,(H,44,54)/b28-25-,35-26+. The maximum atomic E-state index is 14.0. The van der Waals surface area contributed by atoms with Crippen LogP contribution in [0.4, 0.5) is 11.4 Å². The molecule has 1 atom stereocenters. The molecule has 55 heavy (non-hydrogen) atoms. The number of aliphatic imine (C=N–C) groups is 1. The van der Waals surface area contributed by atoms with Gasteiger partial charge in [-0.2, -0.15) is 0 Å². The van der Waals surface area contributed by atoms with Crippen LogP contribution in [0.5, 0.6) is 0 Å². The van der Waals surface area contributed by atoms with Crippen molar-refractivity contribution in [3.63, 3.8) is 0 Å². The highest BCUT2D eigenvalue weighted by Gasteiger charge is 2.43. The molecule has 12 heteroatoms. The van der Waals surface area contributed by atoms with Crippen LogP contribution in [-0.4, -0.2) is 84.9 Å². The number of fused-ring (bicyclic) bond motifs is 2. The van der Waals surface area contributed by atoms with Crippen molar-refractivity contribution in [3.8, 4) is 0 Å². The van der Waals surface area contributed by atoms with Gasteiger partial charge in [0.2, 0.25) is 5.91 Å². The lowest BCUT2D eigenvalue weighted by Crippen LogP contribution is -2.47. The highest BCUT2D eigenvalue weighted by Crippen LogP contribution is 2.48. The third kappa shape index (κ3) is 7.91. The fourth-order valence-corrected chi connectivity index (χ4v) is 7.69. The van der Waals surface area contributed by atoms with E-state index in [1.165, 1.54) is 5.56 Å². The fourth-order valence-electron chi connectivity index (χ4n) is 7.69. The van der Waals surface area contributed by atoms with E-state index in [0.717, 1.165) is 47.7 Å². The second kappa shape index (κ2) is 15.8. The Morgan fingerprint density at radius 3 is 2.27 bits per heavy atom. The molecule has 3 amide bonds. The lowest BCUT2D eigenvalue weighted by Gasteiger charge is -2.31. The van der Waals surface area contributed by atoms with Gasteiger partial charge in [0, 0.05) is 72.8 Å². The molecule has 12 nitrogen and oxygen atoms in total. The molecule has 3 aliphatic heterocycles. The number of unbranched alkanes of at least 4 members (excludes halogenated alkanes) is 2. The van der Waals surface area contributed by atoms with E-state index in [1.807, 2.05) is 56.6 Å². The SMILES string of the molecule is CC(NC1=C(/C=C2/N(C)c3ccccc3C2(C)C)C(=O)/C1=C\C1=Nc2ccccc2C1(C)C)C(=O)NCCN(C)CCCCCC(=O)ON1C(=O)CCC1=O. The first-order valence-corrected chi connectivity index (χ1v) is 19.2. The molecule has 0 aromatic heterocycles. The number of rotatable bonds is 15. The Morgan fingerprint density at radius 2 is 1.58 bits per heavy atom. The first kappa shape index (κ1) is 39.3. The summed E-state index contributed by atoms with van der Waals surface area (Å²) in [4.78, 5) is 76.8. The zero-order chi connectivity index (χ0) is 39.7. The van der Waals surface area contributed by atoms with Gasteiger partial charge in [0.25, 0.3) is 11.8 Å². The van der Waals surface area contributed by atoms with E-state index >= 15 is 0 Å². The number of hydrogen-bond acceptors (Lipinski definition) is 10. The molecule has 6 rings (SSSR count). The fraction of sp³-hybridized carbons (Fsp3) is 0.442. The first-order chi connectivity index (χ1) is 26.1. The number of para-hydroxylation sites is 2. The van der Waals surface area contributed by atoms with Crippen LogP contribution in [0.1, 0.15) is 84.3 Å². The zero-order valence-corrected chi connectivity index (χ0v) is 33.0. The number of hydroxylamine groups is 2. The van der Waals surface area contributed by atoms with E-state index in [9.17, 15) is 24.0 Å². The molecular weight excluding hydrogens is 697 g/mol. The monoisotopic (exact) mass is 748 g/mol. The van der Waals surface area contributed by atoms with E-state index in [-0.39, 0.29) is 36.4 Å². The van der Waals surface area contributed by atoms with Crippen molar-refractivity contribution in [1.29, 1.82) is 0 Å². The minimum atomic E-state index is -0.627. The minimum Gasteiger partial charge on any atom is -0.373 e. The van der Waals surface area contributed by atoms with Crippen molar-refractivity contribution < 1.29 is 28.8 Å². The number of amides is 3. The molecule has 1 aliphatic carbocycles. The van der Waals surface area contributed by atoms with Gasteiger partial charge in [0.15, 0.2) is 5.78 Å². The Morgan fingerprint density at radius 1 is 0.909 bits per heavy atom. The van der Waals surface area contributed by atoms with Crippen molar-refractivity contribution >= 4 is 46.6 Å². The van der Waals surface area contributed by atoms with Gasteiger partial charge in [-0.1, -0.05) is 70.5 Å². The largest absolute Gasteiger partial charge is 0.373 e. The smallest absolute Gasteiger partial charge is 0.333 e. The van der Waals surface area contributed by atoms with Gasteiger partial charge in [-0.05, 0) is 68.8 Å². The predicted octanol–water partition coefficient (Wildman–Crippen LogP) is 5.32. The molecule has 1 fully saturated rings. The minimum absolute atomic E-state index is 0.0721. The predicted molar refractivity (Wildman–Crippen MR) is 211 cm³/mol. The molecule has 1 unspecified atom stereocenters. The number of hydrogen-bond donors (Lipinski definition) is 2. The third-order valence-electron chi connectivity index (χ3n) is 11.2. The van der Waals surface area contributed by atoms with Crippen molar-refractivity contribution in [3.05, 3.63) is 94.4 Å². The zero-order valence-electron chi connectivity index (χ0n) is 33.0. The van der Waals surface area contributed by atoms with Crippen LogP contribution < -0.4 is 15.5 Å². The molecule has 0 saturated carbocycles. The Labute approximate surface area is 323 Å². The van der Waals surface area contributed by atoms with E-state index in [2.05, 4.69) is 66.3 Å². The number of nitrogens with one attached hydrogen (secondary N) is 2. The number of ketones is 1. The van der Waals surface area contributed by atoms with Gasteiger partial charge in [-0.15, -0.1) is 5.06 Å². The highest BCUT2D eigenvalue weighted by atomic mass is 16.7. The molecule has 2 aromatic carbocycles. The Kier molecular flexibility index (Phi) is 11.3. The topological polar surface area (TPSA) is 141 Å². The molecule has 290 valence electrons. The van der Waals surface area contributed by atoms with Gasteiger partial charge in [-0.3, -0.25) is 24.2 Å². The Balaban J connectivity index is 1.07. The number of anilines is 1. The quantitative estimate of drug-likeness (QED) is 0.141. The van der Waals surface area contributed by atoms with Gasteiger partial charge < -0.3 is 25.3 Å². The van der Waals surface area contributed by atoms with E-state index in [0.29, 0.717) is 41.4 Å². The maximum absolute atomic E-state index is 14.0. The molecule has 0 spiro atoms. The van der Waals surface area contributed by atoms with Crippen LogP contribution in [-0.2, 0) is 39.6 Å². The number of carbonyl (C=O) groups excluding carboxylic acids is 5. The van der Waals surface area contributed by atoms with Gasteiger partial charge in [0.05, 0.1) is 17.1 Å². The molecule has 0 radical (unpaired) electrons. The number of Topliss-reactive ketones (excluding diaryl/α,β-unsaturated/α-hetero) is 1. The summed E-state index contributed by atoms with van der Waals surface area (Å²) in [7, 11) is 3.99. The van der Waals surface area contributed by atoms with Crippen LogP contribution >= 0.6 is 0 Å². The number of carbonyl (C=O) groups is 5. The summed E-state index contributed by atoms with van der Waals surface area (Å²) in [6.07, 6.45) is 6.29. The number of allylic oxidation sites excluding steroid dienone is 5. The number of benzene rings is 2. The lowest BCUT2D eigenvalue weighted by molar-refractivity contribution is -0.197. The summed E-state index contributed by atoms with van der Waals surface area (Å²) in [5, 5.41) is 7.01. The van der Waals surface area contributed by atoms with Crippen LogP contribution in [0.25, 0.3) is 0 Å².